The SMILES string of the molecule is CC(C)C(N)CCN(C)C(=O)CCNC(=O)N(C)Cc1ccccc1.Cl. The molecule has 1 atom stereocenters. The second-order valence-electron chi connectivity index (χ2n) is 6.84. The summed E-state index contributed by atoms with van der Waals surface area (Å²) >= 11 is 0. The van der Waals surface area contributed by atoms with Gasteiger partial charge in [-0.2, -0.15) is 0 Å². The topological polar surface area (TPSA) is 78.7 Å². The summed E-state index contributed by atoms with van der Waals surface area (Å²) in [5.74, 6) is 0.421. The van der Waals surface area contributed by atoms with Crippen molar-refractivity contribution < 1.29 is 9.59 Å². The minimum absolute atomic E-state index is 0. The summed E-state index contributed by atoms with van der Waals surface area (Å²) in [6.07, 6.45) is 1.07. The molecule has 0 fully saturated rings. The fraction of sp³-hybridized carbons (Fsp3) is 0.579. The van der Waals surface area contributed by atoms with Gasteiger partial charge in [0.15, 0.2) is 0 Å². The molecule has 3 amide bonds. The summed E-state index contributed by atoms with van der Waals surface area (Å²) in [6.45, 7) is 5.66. The Labute approximate surface area is 163 Å². The van der Waals surface area contributed by atoms with Crippen LogP contribution < -0.4 is 11.1 Å². The van der Waals surface area contributed by atoms with Gasteiger partial charge in [0.2, 0.25) is 5.91 Å². The molecule has 1 rings (SSSR count). The predicted octanol–water partition coefficient (Wildman–Crippen LogP) is 2.47. The average Bonchev–Trinajstić information content (AvgIpc) is 2.59. The van der Waals surface area contributed by atoms with Crippen LogP contribution in [0.3, 0.4) is 0 Å². The molecule has 7 heteroatoms. The van der Waals surface area contributed by atoms with Gasteiger partial charge in [-0.15, -0.1) is 12.4 Å². The Morgan fingerprint density at radius 1 is 1.12 bits per heavy atom. The van der Waals surface area contributed by atoms with Crippen molar-refractivity contribution in [3.05, 3.63) is 35.9 Å². The van der Waals surface area contributed by atoms with Crippen molar-refractivity contribution in [1.82, 2.24) is 15.1 Å². The molecule has 1 unspecified atom stereocenters. The van der Waals surface area contributed by atoms with Crippen molar-refractivity contribution in [2.75, 3.05) is 27.2 Å². The lowest BCUT2D eigenvalue weighted by atomic mass is 10.0. The van der Waals surface area contributed by atoms with Gasteiger partial charge >= 0.3 is 6.03 Å². The number of nitrogens with two attached hydrogens (primary N) is 1. The van der Waals surface area contributed by atoms with Gasteiger partial charge in [0, 0.05) is 46.2 Å². The molecule has 0 spiro atoms. The minimum Gasteiger partial charge on any atom is -0.346 e. The smallest absolute Gasteiger partial charge is 0.317 e. The fourth-order valence-corrected chi connectivity index (χ4v) is 2.33. The van der Waals surface area contributed by atoms with Crippen molar-refractivity contribution in [2.45, 2.75) is 39.3 Å². The first-order valence-electron chi connectivity index (χ1n) is 8.83. The van der Waals surface area contributed by atoms with Crippen LogP contribution in [0, 0.1) is 5.92 Å². The molecule has 26 heavy (non-hydrogen) atoms. The second-order valence-corrected chi connectivity index (χ2v) is 6.84. The van der Waals surface area contributed by atoms with Gasteiger partial charge in [0.05, 0.1) is 0 Å². The molecule has 1 aromatic rings. The first kappa shape index (κ1) is 24.2. The number of hydrogen-bond acceptors (Lipinski definition) is 3. The maximum Gasteiger partial charge on any atom is 0.317 e. The summed E-state index contributed by atoms with van der Waals surface area (Å²) in [7, 11) is 3.52. The number of halogens is 1. The van der Waals surface area contributed by atoms with Crippen LogP contribution >= 0.6 is 12.4 Å². The van der Waals surface area contributed by atoms with E-state index in [4.69, 9.17) is 5.73 Å². The lowest BCUT2D eigenvalue weighted by molar-refractivity contribution is -0.129. The van der Waals surface area contributed by atoms with Crippen LogP contribution in [-0.4, -0.2) is 55.0 Å². The van der Waals surface area contributed by atoms with E-state index in [1.807, 2.05) is 30.3 Å². The van der Waals surface area contributed by atoms with Crippen molar-refractivity contribution in [3.63, 3.8) is 0 Å². The molecule has 0 aliphatic heterocycles. The second kappa shape index (κ2) is 12.5. The number of amides is 3. The predicted molar refractivity (Wildman–Crippen MR) is 108 cm³/mol. The Morgan fingerprint density at radius 2 is 1.73 bits per heavy atom. The van der Waals surface area contributed by atoms with E-state index >= 15 is 0 Å². The maximum atomic E-state index is 12.1. The van der Waals surface area contributed by atoms with Gasteiger partial charge in [0.25, 0.3) is 0 Å². The van der Waals surface area contributed by atoms with Crippen molar-refractivity contribution >= 4 is 24.3 Å². The number of urea groups is 1. The maximum absolute atomic E-state index is 12.1. The van der Waals surface area contributed by atoms with E-state index in [0.717, 1.165) is 12.0 Å². The Bertz CT molecular complexity index is 540. The molecule has 0 saturated carbocycles. The molecule has 0 aliphatic rings. The highest BCUT2D eigenvalue weighted by atomic mass is 35.5. The van der Waals surface area contributed by atoms with Crippen LogP contribution in [0.2, 0.25) is 0 Å². The van der Waals surface area contributed by atoms with Gasteiger partial charge in [-0.25, -0.2) is 4.79 Å². The molecule has 0 bridgehead atoms. The third kappa shape index (κ3) is 9.06. The highest BCUT2D eigenvalue weighted by molar-refractivity contribution is 5.85. The van der Waals surface area contributed by atoms with E-state index in [9.17, 15) is 9.59 Å². The van der Waals surface area contributed by atoms with Crippen LogP contribution in [0.5, 0.6) is 0 Å². The number of rotatable bonds is 9. The first-order valence-corrected chi connectivity index (χ1v) is 8.83. The zero-order valence-electron chi connectivity index (χ0n) is 16.3. The van der Waals surface area contributed by atoms with Gasteiger partial charge in [-0.3, -0.25) is 4.79 Å². The van der Waals surface area contributed by atoms with Crippen LogP contribution in [0.25, 0.3) is 0 Å². The first-order chi connectivity index (χ1) is 11.8. The Balaban J connectivity index is 0.00000625. The van der Waals surface area contributed by atoms with E-state index in [0.29, 0.717) is 32.0 Å². The van der Waals surface area contributed by atoms with Gasteiger partial charge < -0.3 is 20.9 Å². The molecule has 6 nitrogen and oxygen atoms in total. The lowest BCUT2D eigenvalue weighted by Crippen LogP contribution is -2.39. The third-order valence-electron chi connectivity index (χ3n) is 4.30. The van der Waals surface area contributed by atoms with E-state index in [1.165, 1.54) is 0 Å². The molecule has 1 aromatic carbocycles. The van der Waals surface area contributed by atoms with Crippen molar-refractivity contribution in [1.29, 1.82) is 0 Å². The van der Waals surface area contributed by atoms with Crippen LogP contribution in [-0.2, 0) is 11.3 Å². The van der Waals surface area contributed by atoms with E-state index in [-0.39, 0.29) is 30.4 Å². The largest absolute Gasteiger partial charge is 0.346 e. The van der Waals surface area contributed by atoms with Crippen molar-refractivity contribution in [2.24, 2.45) is 11.7 Å². The molecule has 3 N–H and O–H groups in total. The number of nitrogens with one attached hydrogen (secondary N) is 1. The Morgan fingerprint density at radius 3 is 2.31 bits per heavy atom. The monoisotopic (exact) mass is 384 g/mol. The molecule has 0 heterocycles. The molecule has 0 radical (unpaired) electrons. The summed E-state index contributed by atoms with van der Waals surface area (Å²) in [5.41, 5.74) is 7.07. The van der Waals surface area contributed by atoms with Crippen molar-refractivity contribution in [3.8, 4) is 0 Å². The zero-order valence-corrected chi connectivity index (χ0v) is 17.1. The molecular weight excluding hydrogens is 352 g/mol. The molecular formula is C19H33ClN4O2. The van der Waals surface area contributed by atoms with Crippen LogP contribution in [0.4, 0.5) is 4.79 Å². The van der Waals surface area contributed by atoms with E-state index < -0.39 is 0 Å². The van der Waals surface area contributed by atoms with Gasteiger partial charge in [0.1, 0.15) is 0 Å². The Hall–Kier alpha value is -1.79. The zero-order chi connectivity index (χ0) is 18.8. The number of benzene rings is 1. The lowest BCUT2D eigenvalue weighted by Gasteiger charge is -2.22. The van der Waals surface area contributed by atoms with Crippen LogP contribution in [0.1, 0.15) is 32.3 Å². The summed E-state index contributed by atoms with van der Waals surface area (Å²) < 4.78 is 0. The molecule has 0 aliphatic carbocycles. The minimum atomic E-state index is -0.180. The average molecular weight is 385 g/mol. The summed E-state index contributed by atoms with van der Waals surface area (Å²) in [6, 6.07) is 9.71. The molecule has 0 aromatic heterocycles. The number of nitrogens with zero attached hydrogens (tertiary/aromatic N) is 2. The fourth-order valence-electron chi connectivity index (χ4n) is 2.33. The number of hydrogen-bond donors (Lipinski definition) is 2. The summed E-state index contributed by atoms with van der Waals surface area (Å²) in [5, 5.41) is 2.79. The van der Waals surface area contributed by atoms with E-state index in [1.54, 1.807) is 23.9 Å². The summed E-state index contributed by atoms with van der Waals surface area (Å²) in [4.78, 5) is 27.4. The highest BCUT2D eigenvalue weighted by Gasteiger charge is 2.14. The van der Waals surface area contributed by atoms with E-state index in [2.05, 4.69) is 19.2 Å². The van der Waals surface area contributed by atoms with Gasteiger partial charge in [-0.05, 0) is 17.9 Å². The molecule has 148 valence electrons. The molecule has 0 saturated heterocycles. The normalized spacial score (nSPS) is 11.5. The Kier molecular flexibility index (Phi) is 11.7. The standard InChI is InChI=1S/C19H32N4O2.ClH/c1-15(2)17(20)11-13-22(3)18(24)10-12-21-19(25)23(4)14-16-8-6-5-7-9-16;/h5-9,15,17H,10-14,20H2,1-4H3,(H,21,25);1H. The third-order valence-corrected chi connectivity index (χ3v) is 4.30. The number of carbonyl (C=O) groups is 2. The quantitative estimate of drug-likeness (QED) is 0.686. The van der Waals surface area contributed by atoms with Crippen LogP contribution in [0.15, 0.2) is 30.3 Å². The number of carbonyl (C=O) groups excluding carboxylic acids is 2. The van der Waals surface area contributed by atoms with Gasteiger partial charge in [-0.1, -0.05) is 44.2 Å². The highest BCUT2D eigenvalue weighted by Crippen LogP contribution is 2.05.